The molecule has 0 aliphatic carbocycles. The molecule has 0 spiro atoms. The Bertz CT molecular complexity index is 457. The number of nitrogens with two attached hydrogens (primary N) is 1. The van der Waals surface area contributed by atoms with E-state index in [1.165, 1.54) is 0 Å². The van der Waals surface area contributed by atoms with Gasteiger partial charge in [-0.15, -0.1) is 0 Å². The largest absolute Gasteiger partial charge is 0.507 e. The molecule has 0 aliphatic rings. The summed E-state index contributed by atoms with van der Waals surface area (Å²) in [5, 5.41) is 9.53. The highest BCUT2D eigenvalue weighted by Gasteiger charge is 2.05. The van der Waals surface area contributed by atoms with Crippen LogP contribution in [-0.4, -0.2) is 15.1 Å². The fraction of sp³-hybridized carbons (Fsp3) is 0. The third-order valence-electron chi connectivity index (χ3n) is 1.82. The van der Waals surface area contributed by atoms with Crippen LogP contribution in [0, 0.1) is 0 Å². The first-order valence-electron chi connectivity index (χ1n) is 4.14. The average Bonchev–Trinajstić information content (AvgIpc) is 2.18. The first-order chi connectivity index (χ1) is 6.77. The molecular weight excluding hydrogens is 178 g/mol. The lowest BCUT2D eigenvalue weighted by Crippen LogP contribution is -1.94. The number of aromatic nitrogens is 2. The molecule has 1 aromatic heterocycles. The minimum absolute atomic E-state index is 0.151. The number of aromatic hydroxyl groups is 1. The Labute approximate surface area is 81.1 Å². The van der Waals surface area contributed by atoms with Crippen molar-refractivity contribution in [1.29, 1.82) is 0 Å². The van der Waals surface area contributed by atoms with Gasteiger partial charge in [0.2, 0.25) is 0 Å². The second-order valence-electron chi connectivity index (χ2n) is 2.82. The SMILES string of the molecule is Nc1ccnc(-c2ccccc2O)n1. The van der Waals surface area contributed by atoms with Crippen molar-refractivity contribution in [2.24, 2.45) is 0 Å². The van der Waals surface area contributed by atoms with E-state index in [-0.39, 0.29) is 5.75 Å². The fourth-order valence-electron chi connectivity index (χ4n) is 1.17. The lowest BCUT2D eigenvalue weighted by atomic mass is 10.2. The highest BCUT2D eigenvalue weighted by Crippen LogP contribution is 2.25. The highest BCUT2D eigenvalue weighted by molar-refractivity contribution is 5.63. The van der Waals surface area contributed by atoms with Gasteiger partial charge < -0.3 is 10.8 Å². The van der Waals surface area contributed by atoms with Crippen LogP contribution in [0.5, 0.6) is 5.75 Å². The minimum atomic E-state index is 0.151. The minimum Gasteiger partial charge on any atom is -0.507 e. The first kappa shape index (κ1) is 8.50. The zero-order chi connectivity index (χ0) is 9.97. The summed E-state index contributed by atoms with van der Waals surface area (Å²) in [6.45, 7) is 0. The van der Waals surface area contributed by atoms with E-state index in [9.17, 15) is 5.11 Å². The van der Waals surface area contributed by atoms with Crippen LogP contribution in [-0.2, 0) is 0 Å². The van der Waals surface area contributed by atoms with Gasteiger partial charge >= 0.3 is 0 Å². The Morgan fingerprint density at radius 2 is 1.93 bits per heavy atom. The fourth-order valence-corrected chi connectivity index (χ4v) is 1.17. The summed E-state index contributed by atoms with van der Waals surface area (Å²) in [6, 6.07) is 8.47. The zero-order valence-electron chi connectivity index (χ0n) is 7.38. The van der Waals surface area contributed by atoms with Crippen molar-refractivity contribution < 1.29 is 5.11 Å². The van der Waals surface area contributed by atoms with Gasteiger partial charge in [-0.2, -0.15) is 0 Å². The number of benzene rings is 1. The molecule has 4 heteroatoms. The molecule has 1 aromatic carbocycles. The number of para-hydroxylation sites is 1. The van der Waals surface area contributed by atoms with Crippen LogP contribution in [0.2, 0.25) is 0 Å². The first-order valence-corrected chi connectivity index (χ1v) is 4.14. The standard InChI is InChI=1S/C10H9N3O/c11-9-5-6-12-10(13-9)7-3-1-2-4-8(7)14/h1-6,14H,(H2,11,12,13). The smallest absolute Gasteiger partial charge is 0.165 e. The van der Waals surface area contributed by atoms with E-state index in [4.69, 9.17) is 5.73 Å². The summed E-state index contributed by atoms with van der Waals surface area (Å²) >= 11 is 0. The van der Waals surface area contributed by atoms with Crippen LogP contribution in [0.15, 0.2) is 36.5 Å². The quantitative estimate of drug-likeness (QED) is 0.708. The van der Waals surface area contributed by atoms with Crippen molar-refractivity contribution in [3.05, 3.63) is 36.5 Å². The number of phenols is 1. The maximum Gasteiger partial charge on any atom is 0.165 e. The highest BCUT2D eigenvalue weighted by atomic mass is 16.3. The summed E-state index contributed by atoms with van der Waals surface area (Å²) < 4.78 is 0. The number of phenolic OH excluding ortho intramolecular Hbond substituents is 1. The van der Waals surface area contributed by atoms with E-state index in [1.807, 2.05) is 6.07 Å². The lowest BCUT2D eigenvalue weighted by molar-refractivity contribution is 0.477. The second-order valence-corrected chi connectivity index (χ2v) is 2.82. The Morgan fingerprint density at radius 3 is 2.64 bits per heavy atom. The number of hydrogen-bond donors (Lipinski definition) is 2. The van der Waals surface area contributed by atoms with Crippen LogP contribution in [0.1, 0.15) is 0 Å². The van der Waals surface area contributed by atoms with Crippen molar-refractivity contribution in [2.75, 3.05) is 5.73 Å². The van der Waals surface area contributed by atoms with E-state index in [0.29, 0.717) is 17.2 Å². The van der Waals surface area contributed by atoms with Gasteiger partial charge in [0.05, 0.1) is 5.56 Å². The van der Waals surface area contributed by atoms with Crippen molar-refractivity contribution in [1.82, 2.24) is 9.97 Å². The van der Waals surface area contributed by atoms with Gasteiger partial charge in [-0.1, -0.05) is 12.1 Å². The summed E-state index contributed by atoms with van der Waals surface area (Å²) in [5.41, 5.74) is 6.10. The molecule has 0 fully saturated rings. The summed E-state index contributed by atoms with van der Waals surface area (Å²) in [5.74, 6) is 0.972. The van der Waals surface area contributed by atoms with E-state index < -0.39 is 0 Å². The molecule has 3 N–H and O–H groups in total. The second kappa shape index (κ2) is 3.33. The molecule has 0 saturated heterocycles. The van der Waals surface area contributed by atoms with E-state index in [0.717, 1.165) is 0 Å². The van der Waals surface area contributed by atoms with Gasteiger partial charge in [-0.3, -0.25) is 0 Å². The van der Waals surface area contributed by atoms with Gasteiger partial charge in [0.1, 0.15) is 11.6 Å². The Morgan fingerprint density at radius 1 is 1.14 bits per heavy atom. The molecule has 14 heavy (non-hydrogen) atoms. The summed E-state index contributed by atoms with van der Waals surface area (Å²) in [4.78, 5) is 8.03. The van der Waals surface area contributed by atoms with Crippen LogP contribution in [0.4, 0.5) is 5.82 Å². The van der Waals surface area contributed by atoms with E-state index in [2.05, 4.69) is 9.97 Å². The Kier molecular flexibility index (Phi) is 2.02. The molecule has 2 rings (SSSR count). The maximum absolute atomic E-state index is 9.53. The molecule has 0 radical (unpaired) electrons. The van der Waals surface area contributed by atoms with Crippen molar-refractivity contribution in [3.63, 3.8) is 0 Å². The molecule has 4 nitrogen and oxygen atoms in total. The molecule has 0 amide bonds. The van der Waals surface area contributed by atoms with Crippen molar-refractivity contribution >= 4 is 5.82 Å². The van der Waals surface area contributed by atoms with Gasteiger partial charge in [0.25, 0.3) is 0 Å². The van der Waals surface area contributed by atoms with Crippen molar-refractivity contribution in [2.45, 2.75) is 0 Å². The van der Waals surface area contributed by atoms with E-state index in [1.54, 1.807) is 30.5 Å². The Hall–Kier alpha value is -2.10. The predicted octanol–water partition coefficient (Wildman–Crippen LogP) is 1.43. The van der Waals surface area contributed by atoms with Crippen molar-refractivity contribution in [3.8, 4) is 17.1 Å². The molecule has 0 saturated carbocycles. The molecule has 1 heterocycles. The molecular formula is C10H9N3O. The number of rotatable bonds is 1. The topological polar surface area (TPSA) is 72.0 Å². The molecule has 2 aromatic rings. The van der Waals surface area contributed by atoms with Gasteiger partial charge in [0.15, 0.2) is 5.82 Å². The third kappa shape index (κ3) is 1.50. The van der Waals surface area contributed by atoms with Crippen LogP contribution < -0.4 is 5.73 Å². The lowest BCUT2D eigenvalue weighted by Gasteiger charge is -2.02. The van der Waals surface area contributed by atoms with Gasteiger partial charge in [-0.25, -0.2) is 9.97 Å². The monoisotopic (exact) mass is 187 g/mol. The van der Waals surface area contributed by atoms with Crippen LogP contribution >= 0.6 is 0 Å². The molecule has 0 bridgehead atoms. The molecule has 0 atom stereocenters. The number of hydrogen-bond acceptors (Lipinski definition) is 4. The molecule has 70 valence electrons. The predicted molar refractivity (Wildman–Crippen MR) is 53.5 cm³/mol. The van der Waals surface area contributed by atoms with Gasteiger partial charge in [-0.05, 0) is 18.2 Å². The van der Waals surface area contributed by atoms with Crippen LogP contribution in [0.25, 0.3) is 11.4 Å². The van der Waals surface area contributed by atoms with Crippen LogP contribution in [0.3, 0.4) is 0 Å². The number of nitrogen functional groups attached to an aromatic ring is 1. The number of anilines is 1. The molecule has 0 aliphatic heterocycles. The number of nitrogens with zero attached hydrogens (tertiary/aromatic N) is 2. The normalized spacial score (nSPS) is 10.0. The average molecular weight is 187 g/mol. The molecule has 0 unspecified atom stereocenters. The summed E-state index contributed by atoms with van der Waals surface area (Å²) in [6.07, 6.45) is 1.56. The van der Waals surface area contributed by atoms with E-state index >= 15 is 0 Å². The maximum atomic E-state index is 9.53. The zero-order valence-corrected chi connectivity index (χ0v) is 7.38. The van der Waals surface area contributed by atoms with Gasteiger partial charge in [0, 0.05) is 6.20 Å². The Balaban J connectivity index is 2.55. The summed E-state index contributed by atoms with van der Waals surface area (Å²) in [7, 11) is 0. The third-order valence-corrected chi connectivity index (χ3v) is 1.82.